The normalized spacial score (nSPS) is 20.7. The van der Waals surface area contributed by atoms with Crippen molar-refractivity contribution in [3.8, 4) is 0 Å². The van der Waals surface area contributed by atoms with Gasteiger partial charge in [-0.2, -0.15) is 0 Å². The van der Waals surface area contributed by atoms with E-state index in [1.165, 1.54) is 0 Å². The van der Waals surface area contributed by atoms with Gasteiger partial charge in [0.15, 0.2) is 5.96 Å². The van der Waals surface area contributed by atoms with Crippen LogP contribution in [0.15, 0.2) is 27.8 Å². The second kappa shape index (κ2) is 13.4. The van der Waals surface area contributed by atoms with Crippen molar-refractivity contribution >= 4 is 29.9 Å². The van der Waals surface area contributed by atoms with Gasteiger partial charge in [0.2, 0.25) is 0 Å². The molecule has 0 amide bonds. The number of likely N-dealkylation sites (tertiary alicyclic amines) is 1. The van der Waals surface area contributed by atoms with Gasteiger partial charge >= 0.3 is 0 Å². The zero-order valence-electron chi connectivity index (χ0n) is 17.2. The van der Waals surface area contributed by atoms with Crippen molar-refractivity contribution in [3.63, 3.8) is 0 Å². The van der Waals surface area contributed by atoms with E-state index in [1.54, 1.807) is 6.26 Å². The molecule has 2 atom stereocenters. The lowest BCUT2D eigenvalue weighted by atomic mass is 10.1. The molecule has 1 aliphatic rings. The molecule has 2 heterocycles. The number of rotatable bonds is 10. The molecule has 2 N–H and O–H groups in total. The molecule has 1 aromatic heterocycles. The van der Waals surface area contributed by atoms with Gasteiger partial charge in [-0.05, 0) is 45.2 Å². The highest BCUT2D eigenvalue weighted by Crippen LogP contribution is 2.18. The first-order chi connectivity index (χ1) is 12.6. The van der Waals surface area contributed by atoms with Crippen LogP contribution in [-0.2, 0) is 11.2 Å². The van der Waals surface area contributed by atoms with Crippen molar-refractivity contribution in [2.75, 3.05) is 39.4 Å². The summed E-state index contributed by atoms with van der Waals surface area (Å²) in [4.78, 5) is 7.27. The number of furan rings is 1. The van der Waals surface area contributed by atoms with E-state index >= 15 is 0 Å². The molecule has 1 aliphatic heterocycles. The molecule has 2 unspecified atom stereocenters. The van der Waals surface area contributed by atoms with Crippen molar-refractivity contribution in [2.24, 2.45) is 10.9 Å². The van der Waals surface area contributed by atoms with E-state index in [-0.39, 0.29) is 24.0 Å². The molecule has 6 nitrogen and oxygen atoms in total. The first-order valence-electron chi connectivity index (χ1n) is 9.99. The third-order valence-corrected chi connectivity index (χ3v) is 4.86. The van der Waals surface area contributed by atoms with Crippen molar-refractivity contribution in [3.05, 3.63) is 24.2 Å². The van der Waals surface area contributed by atoms with E-state index in [2.05, 4.69) is 36.3 Å². The molecule has 27 heavy (non-hydrogen) atoms. The summed E-state index contributed by atoms with van der Waals surface area (Å²) in [6, 6.07) is 4.95. The first kappa shape index (κ1) is 24.2. The van der Waals surface area contributed by atoms with E-state index in [1.807, 2.05) is 19.1 Å². The van der Waals surface area contributed by atoms with E-state index in [0.29, 0.717) is 18.0 Å². The van der Waals surface area contributed by atoms with E-state index < -0.39 is 0 Å². The van der Waals surface area contributed by atoms with Gasteiger partial charge in [0, 0.05) is 57.9 Å². The van der Waals surface area contributed by atoms with Crippen LogP contribution in [0.2, 0.25) is 0 Å². The number of aliphatic imine (C=N–C) groups is 1. The summed E-state index contributed by atoms with van der Waals surface area (Å²) in [5.41, 5.74) is 0. The van der Waals surface area contributed by atoms with Gasteiger partial charge in [0.25, 0.3) is 0 Å². The van der Waals surface area contributed by atoms with Crippen LogP contribution < -0.4 is 10.6 Å². The Morgan fingerprint density at radius 3 is 2.85 bits per heavy atom. The summed E-state index contributed by atoms with van der Waals surface area (Å²) in [7, 11) is 0. The fourth-order valence-electron chi connectivity index (χ4n) is 3.20. The van der Waals surface area contributed by atoms with Crippen LogP contribution >= 0.6 is 24.0 Å². The number of ether oxygens (including phenoxy) is 1. The highest BCUT2D eigenvalue weighted by molar-refractivity contribution is 14.0. The number of hydrogen-bond donors (Lipinski definition) is 2. The smallest absolute Gasteiger partial charge is 0.191 e. The standard InChI is InChI=1S/C20H36N4O2.HI/c1-5-25-12-7-10-21-20(22-11-9-18-8-6-13-26-18)23-19-15-24(16(2)3)14-17(19)4;/h6,8,13,16-17,19H,5,7,9-12,14-15H2,1-4H3,(H2,21,22,23);1H. The van der Waals surface area contributed by atoms with Gasteiger partial charge in [-0.3, -0.25) is 9.89 Å². The molecule has 156 valence electrons. The summed E-state index contributed by atoms with van der Waals surface area (Å²) in [5.74, 6) is 2.50. The average molecular weight is 492 g/mol. The van der Waals surface area contributed by atoms with E-state index in [4.69, 9.17) is 14.1 Å². The fourth-order valence-corrected chi connectivity index (χ4v) is 3.20. The molecule has 1 saturated heterocycles. The summed E-state index contributed by atoms with van der Waals surface area (Å²) < 4.78 is 10.8. The maximum atomic E-state index is 5.41. The second-order valence-electron chi connectivity index (χ2n) is 7.31. The molecule has 2 rings (SSSR count). The molecule has 0 saturated carbocycles. The summed E-state index contributed by atoms with van der Waals surface area (Å²) in [6.07, 6.45) is 3.51. The van der Waals surface area contributed by atoms with Crippen molar-refractivity contribution < 1.29 is 9.15 Å². The quantitative estimate of drug-likeness (QED) is 0.228. The highest BCUT2D eigenvalue weighted by Gasteiger charge is 2.31. The minimum absolute atomic E-state index is 0. The Morgan fingerprint density at radius 1 is 1.41 bits per heavy atom. The predicted molar refractivity (Wildman–Crippen MR) is 122 cm³/mol. The largest absolute Gasteiger partial charge is 0.469 e. The molecular formula is C20H37IN4O2. The van der Waals surface area contributed by atoms with Gasteiger partial charge in [-0.1, -0.05) is 6.92 Å². The van der Waals surface area contributed by atoms with Crippen LogP contribution in [0, 0.1) is 5.92 Å². The average Bonchev–Trinajstić information content (AvgIpc) is 3.25. The number of guanidine groups is 1. The number of nitrogens with one attached hydrogen (secondary N) is 2. The minimum Gasteiger partial charge on any atom is -0.469 e. The molecule has 0 bridgehead atoms. The zero-order valence-corrected chi connectivity index (χ0v) is 19.6. The van der Waals surface area contributed by atoms with Crippen molar-refractivity contribution in [2.45, 2.75) is 52.6 Å². The van der Waals surface area contributed by atoms with Crippen molar-refractivity contribution in [1.82, 2.24) is 15.5 Å². The van der Waals surface area contributed by atoms with Gasteiger partial charge in [0.1, 0.15) is 5.76 Å². The lowest BCUT2D eigenvalue weighted by molar-refractivity contribution is 0.146. The topological polar surface area (TPSA) is 62.0 Å². The SMILES string of the molecule is CCOCCCN=C(NCCc1ccco1)NC1CN(C(C)C)CC1C.I. The molecular weight excluding hydrogens is 455 g/mol. The van der Waals surface area contributed by atoms with Crippen LogP contribution in [0.4, 0.5) is 0 Å². The van der Waals surface area contributed by atoms with E-state index in [0.717, 1.165) is 64.0 Å². The monoisotopic (exact) mass is 492 g/mol. The Bertz CT molecular complexity index is 522. The first-order valence-corrected chi connectivity index (χ1v) is 9.99. The van der Waals surface area contributed by atoms with Crippen LogP contribution in [0.25, 0.3) is 0 Å². The van der Waals surface area contributed by atoms with Crippen LogP contribution in [0.1, 0.15) is 39.9 Å². The number of halogens is 1. The lowest BCUT2D eigenvalue weighted by Gasteiger charge is -2.22. The third kappa shape index (κ3) is 8.83. The van der Waals surface area contributed by atoms with Crippen LogP contribution in [-0.4, -0.2) is 62.3 Å². The predicted octanol–water partition coefficient (Wildman–Crippen LogP) is 3.13. The Morgan fingerprint density at radius 2 is 2.22 bits per heavy atom. The Labute approximate surface area is 181 Å². The molecule has 0 spiro atoms. The Hall–Kier alpha value is -0.800. The Balaban J connectivity index is 0.00000364. The molecule has 0 aliphatic carbocycles. The van der Waals surface area contributed by atoms with Gasteiger partial charge in [0.05, 0.1) is 6.26 Å². The summed E-state index contributed by atoms with van der Waals surface area (Å²) in [5, 5.41) is 7.11. The third-order valence-electron chi connectivity index (χ3n) is 4.86. The van der Waals surface area contributed by atoms with Gasteiger partial charge in [-0.25, -0.2) is 0 Å². The molecule has 1 fully saturated rings. The van der Waals surface area contributed by atoms with Gasteiger partial charge in [-0.15, -0.1) is 24.0 Å². The van der Waals surface area contributed by atoms with E-state index in [9.17, 15) is 0 Å². The van der Waals surface area contributed by atoms with Gasteiger partial charge < -0.3 is 19.8 Å². The minimum atomic E-state index is 0. The number of hydrogen-bond acceptors (Lipinski definition) is 4. The Kier molecular flexibility index (Phi) is 12.0. The molecule has 1 aromatic rings. The molecule has 0 aromatic carbocycles. The summed E-state index contributed by atoms with van der Waals surface area (Å²) >= 11 is 0. The second-order valence-corrected chi connectivity index (χ2v) is 7.31. The number of nitrogens with zero attached hydrogens (tertiary/aromatic N) is 2. The maximum absolute atomic E-state index is 5.41. The molecule has 7 heteroatoms. The van der Waals surface area contributed by atoms with Crippen molar-refractivity contribution in [1.29, 1.82) is 0 Å². The summed E-state index contributed by atoms with van der Waals surface area (Å²) in [6.45, 7) is 14.2. The zero-order chi connectivity index (χ0) is 18.8. The fraction of sp³-hybridized carbons (Fsp3) is 0.750. The lowest BCUT2D eigenvalue weighted by Crippen LogP contribution is -2.47. The molecule has 0 radical (unpaired) electrons. The maximum Gasteiger partial charge on any atom is 0.191 e. The van der Waals surface area contributed by atoms with Crippen LogP contribution in [0.3, 0.4) is 0 Å². The highest BCUT2D eigenvalue weighted by atomic mass is 127. The van der Waals surface area contributed by atoms with Crippen LogP contribution in [0.5, 0.6) is 0 Å².